The van der Waals surface area contributed by atoms with E-state index in [2.05, 4.69) is 11.5 Å². The molecule has 2 rings (SSSR count). The number of fused-ring (bicyclic) bond motifs is 1. The lowest BCUT2D eigenvalue weighted by Crippen LogP contribution is -2.09. The summed E-state index contributed by atoms with van der Waals surface area (Å²) in [5.41, 5.74) is 7.71. The van der Waals surface area contributed by atoms with Crippen LogP contribution in [0.4, 0.5) is 0 Å². The lowest BCUT2D eigenvalue weighted by atomic mass is 10.2. The molecule has 5 nitrogen and oxygen atoms in total. The third-order valence-corrected chi connectivity index (χ3v) is 3.67. The summed E-state index contributed by atoms with van der Waals surface area (Å²) in [6.07, 6.45) is 4.23. The Kier molecular flexibility index (Phi) is 5.44. The maximum Gasteiger partial charge on any atom is 0.163 e. The first-order valence-corrected chi connectivity index (χ1v) is 7.56. The smallest absolute Gasteiger partial charge is 0.163 e. The van der Waals surface area contributed by atoms with Gasteiger partial charge >= 0.3 is 0 Å². The molecule has 0 unspecified atom stereocenters. The van der Waals surface area contributed by atoms with Crippen molar-refractivity contribution in [2.45, 2.75) is 39.2 Å². The molecule has 0 radical (unpaired) electrons. The highest BCUT2D eigenvalue weighted by Crippen LogP contribution is 2.32. The van der Waals surface area contributed by atoms with Crippen LogP contribution >= 0.6 is 0 Å². The molecule has 21 heavy (non-hydrogen) atoms. The molecule has 0 aliphatic rings. The number of unbranched alkanes of at least 4 members (excludes halogenated alkanes) is 1. The van der Waals surface area contributed by atoms with Gasteiger partial charge in [-0.25, -0.2) is 4.98 Å². The van der Waals surface area contributed by atoms with Crippen LogP contribution in [0, 0.1) is 0 Å². The SMILES string of the molecule is CCCCc1nc2cc(OC)c(OC)cc2n1CCCN. The molecule has 0 aliphatic carbocycles. The minimum absolute atomic E-state index is 0.681. The number of hydrogen-bond acceptors (Lipinski definition) is 4. The highest BCUT2D eigenvalue weighted by atomic mass is 16.5. The Balaban J connectivity index is 2.50. The quantitative estimate of drug-likeness (QED) is 0.812. The van der Waals surface area contributed by atoms with Crippen molar-refractivity contribution in [1.29, 1.82) is 0 Å². The molecule has 1 heterocycles. The third-order valence-electron chi connectivity index (χ3n) is 3.67. The number of methoxy groups -OCH3 is 2. The molecule has 1 aromatic carbocycles. The van der Waals surface area contributed by atoms with E-state index in [9.17, 15) is 0 Å². The van der Waals surface area contributed by atoms with E-state index in [1.165, 1.54) is 0 Å². The number of nitrogens with two attached hydrogens (primary N) is 1. The van der Waals surface area contributed by atoms with Crippen LogP contribution < -0.4 is 15.2 Å². The fraction of sp³-hybridized carbons (Fsp3) is 0.562. The maximum atomic E-state index is 5.66. The minimum Gasteiger partial charge on any atom is -0.493 e. The van der Waals surface area contributed by atoms with Crippen molar-refractivity contribution >= 4 is 11.0 Å². The zero-order chi connectivity index (χ0) is 15.2. The Bertz CT molecular complexity index is 593. The highest BCUT2D eigenvalue weighted by molar-refractivity contribution is 5.80. The Morgan fingerprint density at radius 2 is 1.86 bits per heavy atom. The largest absolute Gasteiger partial charge is 0.493 e. The van der Waals surface area contributed by atoms with Crippen molar-refractivity contribution in [1.82, 2.24) is 9.55 Å². The Morgan fingerprint density at radius 1 is 1.14 bits per heavy atom. The highest BCUT2D eigenvalue weighted by Gasteiger charge is 2.14. The van der Waals surface area contributed by atoms with E-state index in [0.29, 0.717) is 6.54 Å². The van der Waals surface area contributed by atoms with E-state index in [4.69, 9.17) is 20.2 Å². The van der Waals surface area contributed by atoms with Crippen LogP contribution in [-0.2, 0) is 13.0 Å². The number of ether oxygens (including phenoxy) is 2. The summed E-state index contributed by atoms with van der Waals surface area (Å²) in [6.45, 7) is 3.76. The summed E-state index contributed by atoms with van der Waals surface area (Å²) in [7, 11) is 3.30. The third kappa shape index (κ3) is 3.29. The van der Waals surface area contributed by atoms with Gasteiger partial charge in [-0.3, -0.25) is 0 Å². The molecular weight excluding hydrogens is 266 g/mol. The van der Waals surface area contributed by atoms with E-state index in [-0.39, 0.29) is 0 Å². The second-order valence-electron chi connectivity index (χ2n) is 5.12. The van der Waals surface area contributed by atoms with Gasteiger partial charge in [0.1, 0.15) is 5.82 Å². The van der Waals surface area contributed by atoms with Gasteiger partial charge in [-0.05, 0) is 19.4 Å². The van der Waals surface area contributed by atoms with E-state index in [0.717, 1.165) is 60.6 Å². The number of imidazole rings is 1. The predicted molar refractivity (Wildman–Crippen MR) is 85.1 cm³/mol. The summed E-state index contributed by atoms with van der Waals surface area (Å²) in [5, 5.41) is 0. The monoisotopic (exact) mass is 291 g/mol. The van der Waals surface area contributed by atoms with E-state index in [1.807, 2.05) is 12.1 Å². The second-order valence-corrected chi connectivity index (χ2v) is 5.12. The van der Waals surface area contributed by atoms with Crippen LogP contribution in [0.3, 0.4) is 0 Å². The van der Waals surface area contributed by atoms with E-state index < -0.39 is 0 Å². The topological polar surface area (TPSA) is 62.3 Å². The van der Waals surface area contributed by atoms with Crippen molar-refractivity contribution in [3.63, 3.8) is 0 Å². The van der Waals surface area contributed by atoms with Gasteiger partial charge in [-0.15, -0.1) is 0 Å². The number of benzene rings is 1. The van der Waals surface area contributed by atoms with Gasteiger partial charge in [-0.1, -0.05) is 13.3 Å². The molecule has 0 amide bonds. The Hall–Kier alpha value is -1.75. The molecule has 0 atom stereocenters. The second kappa shape index (κ2) is 7.31. The van der Waals surface area contributed by atoms with Crippen LogP contribution in [-0.4, -0.2) is 30.3 Å². The molecule has 0 spiro atoms. The molecular formula is C16H25N3O2. The summed E-state index contributed by atoms with van der Waals surface area (Å²) in [5.74, 6) is 2.58. The van der Waals surface area contributed by atoms with Gasteiger partial charge in [0.15, 0.2) is 11.5 Å². The van der Waals surface area contributed by atoms with Crippen LogP contribution in [0.1, 0.15) is 32.0 Å². The minimum atomic E-state index is 0.681. The van der Waals surface area contributed by atoms with Crippen molar-refractivity contribution in [2.75, 3.05) is 20.8 Å². The van der Waals surface area contributed by atoms with Gasteiger partial charge in [0.25, 0.3) is 0 Å². The van der Waals surface area contributed by atoms with Gasteiger partial charge < -0.3 is 19.8 Å². The molecule has 1 aromatic heterocycles. The standard InChI is InChI=1S/C16H25N3O2/c1-4-5-7-16-18-12-10-14(20-2)15(21-3)11-13(12)19(16)9-6-8-17/h10-11H,4-9,17H2,1-3H3. The van der Waals surface area contributed by atoms with Crippen molar-refractivity contribution in [3.05, 3.63) is 18.0 Å². The zero-order valence-corrected chi connectivity index (χ0v) is 13.2. The molecule has 0 saturated carbocycles. The van der Waals surface area contributed by atoms with Gasteiger partial charge in [0.05, 0.1) is 25.3 Å². The Morgan fingerprint density at radius 3 is 2.48 bits per heavy atom. The van der Waals surface area contributed by atoms with Gasteiger partial charge in [0, 0.05) is 25.1 Å². The van der Waals surface area contributed by atoms with Crippen molar-refractivity contribution in [2.24, 2.45) is 5.73 Å². The van der Waals surface area contributed by atoms with Crippen LogP contribution in [0.5, 0.6) is 11.5 Å². The first kappa shape index (κ1) is 15.6. The fourth-order valence-electron chi connectivity index (χ4n) is 2.53. The van der Waals surface area contributed by atoms with Crippen molar-refractivity contribution in [3.8, 4) is 11.5 Å². The lowest BCUT2D eigenvalue weighted by molar-refractivity contribution is 0.355. The first-order chi connectivity index (χ1) is 10.2. The zero-order valence-electron chi connectivity index (χ0n) is 13.2. The summed E-state index contributed by atoms with van der Waals surface area (Å²) in [4.78, 5) is 4.77. The summed E-state index contributed by atoms with van der Waals surface area (Å²) in [6, 6.07) is 3.95. The molecule has 2 aromatic rings. The average Bonchev–Trinajstić information content (AvgIpc) is 2.85. The van der Waals surface area contributed by atoms with Gasteiger partial charge in [0.2, 0.25) is 0 Å². The fourth-order valence-corrected chi connectivity index (χ4v) is 2.53. The molecule has 0 bridgehead atoms. The summed E-state index contributed by atoms with van der Waals surface area (Å²) < 4.78 is 13.0. The lowest BCUT2D eigenvalue weighted by Gasteiger charge is -2.10. The van der Waals surface area contributed by atoms with Crippen molar-refractivity contribution < 1.29 is 9.47 Å². The molecule has 0 aliphatic heterocycles. The van der Waals surface area contributed by atoms with Crippen LogP contribution in [0.25, 0.3) is 11.0 Å². The molecule has 5 heteroatoms. The first-order valence-electron chi connectivity index (χ1n) is 7.56. The number of rotatable bonds is 8. The average molecular weight is 291 g/mol. The Labute approximate surface area is 126 Å². The predicted octanol–water partition coefficient (Wildman–Crippen LogP) is 2.74. The van der Waals surface area contributed by atoms with E-state index in [1.54, 1.807) is 14.2 Å². The van der Waals surface area contributed by atoms with E-state index >= 15 is 0 Å². The molecule has 116 valence electrons. The molecule has 0 fully saturated rings. The molecule has 0 saturated heterocycles. The van der Waals surface area contributed by atoms with Crippen LogP contribution in [0.2, 0.25) is 0 Å². The maximum absolute atomic E-state index is 5.66. The number of hydrogen-bond donors (Lipinski definition) is 1. The number of nitrogens with zero attached hydrogens (tertiary/aromatic N) is 2. The normalized spacial score (nSPS) is 11.0. The summed E-state index contributed by atoms with van der Waals surface area (Å²) >= 11 is 0. The van der Waals surface area contributed by atoms with Gasteiger partial charge in [-0.2, -0.15) is 0 Å². The number of aromatic nitrogens is 2. The molecule has 2 N–H and O–H groups in total. The number of aryl methyl sites for hydroxylation is 2. The van der Waals surface area contributed by atoms with Crippen LogP contribution in [0.15, 0.2) is 12.1 Å².